The van der Waals surface area contributed by atoms with E-state index in [0.29, 0.717) is 6.54 Å². The molecular formula is C18H28N2O3. The molecule has 0 aromatic heterocycles. The van der Waals surface area contributed by atoms with E-state index in [-0.39, 0.29) is 12.1 Å². The van der Waals surface area contributed by atoms with E-state index in [1.54, 1.807) is 0 Å². The average Bonchev–Trinajstić information content (AvgIpc) is 2.48. The number of piperidine rings is 1. The van der Waals surface area contributed by atoms with Crippen LogP contribution in [-0.4, -0.2) is 47.4 Å². The summed E-state index contributed by atoms with van der Waals surface area (Å²) in [6, 6.07) is 9.87. The summed E-state index contributed by atoms with van der Waals surface area (Å²) in [5.41, 5.74) is 0.478. The van der Waals surface area contributed by atoms with Gasteiger partial charge in [0.15, 0.2) is 0 Å². The molecule has 2 N–H and O–H groups in total. The number of aliphatic hydroxyl groups excluding tert-OH is 1. The Kier molecular flexibility index (Phi) is 6.02. The Labute approximate surface area is 138 Å². The number of aliphatic hydroxyl groups is 1. The van der Waals surface area contributed by atoms with Crippen LogP contribution in [0.1, 0.15) is 45.3 Å². The Morgan fingerprint density at radius 3 is 2.48 bits per heavy atom. The fraction of sp³-hybridized carbons (Fsp3) is 0.611. The van der Waals surface area contributed by atoms with Crippen LogP contribution in [0.25, 0.3) is 0 Å². The lowest BCUT2D eigenvalue weighted by Crippen LogP contribution is -2.46. The third-order valence-corrected chi connectivity index (χ3v) is 3.92. The minimum atomic E-state index is -0.468. The third kappa shape index (κ3) is 6.20. The highest BCUT2D eigenvalue weighted by Gasteiger charge is 2.24. The zero-order valence-electron chi connectivity index (χ0n) is 14.3. The molecule has 5 nitrogen and oxygen atoms in total. The molecule has 0 radical (unpaired) electrons. The van der Waals surface area contributed by atoms with Crippen molar-refractivity contribution in [3.63, 3.8) is 0 Å². The largest absolute Gasteiger partial charge is 0.444 e. The number of carbonyl (C=O) groups is 1. The van der Waals surface area contributed by atoms with Crippen molar-refractivity contribution in [1.82, 2.24) is 10.2 Å². The molecule has 1 atom stereocenters. The number of hydrogen-bond donors (Lipinski definition) is 2. The lowest BCUT2D eigenvalue weighted by Gasteiger charge is -2.33. The Hall–Kier alpha value is -1.59. The van der Waals surface area contributed by atoms with Gasteiger partial charge >= 0.3 is 6.09 Å². The lowest BCUT2D eigenvalue weighted by molar-refractivity contribution is 0.0459. The van der Waals surface area contributed by atoms with Crippen molar-refractivity contribution in [1.29, 1.82) is 0 Å². The second-order valence-corrected chi connectivity index (χ2v) is 7.15. The maximum Gasteiger partial charge on any atom is 0.407 e. The van der Waals surface area contributed by atoms with E-state index in [2.05, 4.69) is 10.2 Å². The van der Waals surface area contributed by atoms with Crippen molar-refractivity contribution < 1.29 is 14.6 Å². The zero-order valence-corrected chi connectivity index (χ0v) is 14.3. The summed E-state index contributed by atoms with van der Waals surface area (Å²) in [6.45, 7) is 7.94. The summed E-state index contributed by atoms with van der Waals surface area (Å²) in [5, 5.41) is 13.2. The molecule has 0 aliphatic carbocycles. The van der Waals surface area contributed by atoms with Crippen molar-refractivity contribution in [3.05, 3.63) is 35.9 Å². The molecule has 1 aromatic carbocycles. The van der Waals surface area contributed by atoms with Crippen LogP contribution in [0.15, 0.2) is 30.3 Å². The second kappa shape index (κ2) is 7.79. The predicted octanol–water partition coefficient (Wildman–Crippen LogP) is 2.71. The van der Waals surface area contributed by atoms with Crippen LogP contribution in [0, 0.1) is 0 Å². The minimum Gasteiger partial charge on any atom is -0.444 e. The van der Waals surface area contributed by atoms with Gasteiger partial charge in [-0.25, -0.2) is 4.79 Å². The standard InChI is InChI=1S/C18H28N2O3/c1-18(2,3)23-17(22)19-15-9-11-20(12-10-15)13-16(21)14-7-5-4-6-8-14/h4-8,15-16,21H,9-13H2,1-3H3,(H,19,22). The summed E-state index contributed by atoms with van der Waals surface area (Å²) in [7, 11) is 0. The van der Waals surface area contributed by atoms with Crippen molar-refractivity contribution >= 4 is 6.09 Å². The van der Waals surface area contributed by atoms with E-state index in [1.165, 1.54) is 0 Å². The Morgan fingerprint density at radius 1 is 1.30 bits per heavy atom. The van der Waals surface area contributed by atoms with Gasteiger partial charge in [0, 0.05) is 25.7 Å². The highest BCUT2D eigenvalue weighted by atomic mass is 16.6. The number of ether oxygens (including phenoxy) is 1. The van der Waals surface area contributed by atoms with Gasteiger partial charge in [-0.2, -0.15) is 0 Å². The summed E-state index contributed by atoms with van der Waals surface area (Å²) < 4.78 is 5.29. The van der Waals surface area contributed by atoms with E-state index < -0.39 is 11.7 Å². The van der Waals surface area contributed by atoms with Gasteiger partial charge < -0.3 is 20.1 Å². The van der Waals surface area contributed by atoms with Gasteiger partial charge in [-0.3, -0.25) is 0 Å². The van der Waals surface area contributed by atoms with E-state index >= 15 is 0 Å². The fourth-order valence-corrected chi connectivity index (χ4v) is 2.76. The predicted molar refractivity (Wildman–Crippen MR) is 90.2 cm³/mol. The molecule has 1 aromatic rings. The first-order valence-electron chi connectivity index (χ1n) is 8.28. The van der Waals surface area contributed by atoms with Crippen molar-refractivity contribution in [3.8, 4) is 0 Å². The SMILES string of the molecule is CC(C)(C)OC(=O)NC1CCN(CC(O)c2ccccc2)CC1. The number of likely N-dealkylation sites (tertiary alicyclic amines) is 1. The van der Waals surface area contributed by atoms with Gasteiger partial charge in [0.05, 0.1) is 6.10 Å². The number of β-amino-alcohol motifs (C(OH)–C–C–N with tert-alkyl or cyclic N) is 1. The van der Waals surface area contributed by atoms with Crippen LogP contribution in [0.3, 0.4) is 0 Å². The highest BCUT2D eigenvalue weighted by Crippen LogP contribution is 2.18. The molecule has 5 heteroatoms. The number of nitrogens with zero attached hydrogens (tertiary/aromatic N) is 1. The molecule has 1 aliphatic rings. The number of benzene rings is 1. The van der Waals surface area contributed by atoms with Gasteiger partial charge in [0.2, 0.25) is 0 Å². The third-order valence-electron chi connectivity index (χ3n) is 3.92. The molecular weight excluding hydrogens is 292 g/mol. The average molecular weight is 320 g/mol. The number of amides is 1. The van der Waals surface area contributed by atoms with E-state index in [4.69, 9.17) is 4.74 Å². The molecule has 23 heavy (non-hydrogen) atoms. The van der Waals surface area contributed by atoms with Crippen LogP contribution in [0.5, 0.6) is 0 Å². The van der Waals surface area contributed by atoms with Gasteiger partial charge in [-0.15, -0.1) is 0 Å². The van der Waals surface area contributed by atoms with E-state index in [9.17, 15) is 9.90 Å². The zero-order chi connectivity index (χ0) is 16.9. The molecule has 0 bridgehead atoms. The second-order valence-electron chi connectivity index (χ2n) is 7.15. The smallest absolute Gasteiger partial charge is 0.407 e. The van der Waals surface area contributed by atoms with Gasteiger partial charge in [-0.05, 0) is 39.2 Å². The lowest BCUT2D eigenvalue weighted by atomic mass is 10.0. The molecule has 1 aliphatic heterocycles. The number of nitrogens with one attached hydrogen (secondary N) is 1. The monoisotopic (exact) mass is 320 g/mol. The van der Waals surface area contributed by atoms with Crippen molar-refractivity contribution in [2.24, 2.45) is 0 Å². The number of rotatable bonds is 4. The maximum absolute atomic E-state index is 11.8. The summed E-state index contributed by atoms with van der Waals surface area (Å²) in [5.74, 6) is 0. The molecule has 1 amide bonds. The van der Waals surface area contributed by atoms with E-state index in [0.717, 1.165) is 31.5 Å². The molecule has 1 saturated heterocycles. The normalized spacial score (nSPS) is 18.4. The molecule has 2 rings (SSSR count). The molecule has 0 saturated carbocycles. The fourth-order valence-electron chi connectivity index (χ4n) is 2.76. The first-order valence-corrected chi connectivity index (χ1v) is 8.28. The van der Waals surface area contributed by atoms with Crippen LogP contribution in [-0.2, 0) is 4.74 Å². The molecule has 0 spiro atoms. The quantitative estimate of drug-likeness (QED) is 0.895. The number of hydrogen-bond acceptors (Lipinski definition) is 4. The molecule has 1 unspecified atom stereocenters. The Bertz CT molecular complexity index is 491. The van der Waals surface area contributed by atoms with Crippen molar-refractivity contribution in [2.75, 3.05) is 19.6 Å². The summed E-state index contributed by atoms with van der Waals surface area (Å²) in [4.78, 5) is 14.0. The van der Waals surface area contributed by atoms with Gasteiger partial charge in [0.25, 0.3) is 0 Å². The van der Waals surface area contributed by atoms with Crippen molar-refractivity contribution in [2.45, 2.75) is 51.4 Å². The molecule has 1 fully saturated rings. The summed E-state index contributed by atoms with van der Waals surface area (Å²) in [6.07, 6.45) is 0.938. The Balaban J connectivity index is 1.73. The van der Waals surface area contributed by atoms with Gasteiger partial charge in [0.1, 0.15) is 5.60 Å². The minimum absolute atomic E-state index is 0.148. The highest BCUT2D eigenvalue weighted by molar-refractivity contribution is 5.68. The van der Waals surface area contributed by atoms with Crippen LogP contribution < -0.4 is 5.32 Å². The molecule has 1 heterocycles. The van der Waals surface area contributed by atoms with E-state index in [1.807, 2.05) is 51.1 Å². The number of carbonyl (C=O) groups excluding carboxylic acids is 1. The topological polar surface area (TPSA) is 61.8 Å². The molecule has 128 valence electrons. The maximum atomic E-state index is 11.8. The van der Waals surface area contributed by atoms with Crippen LogP contribution in [0.4, 0.5) is 4.79 Å². The van der Waals surface area contributed by atoms with Crippen LogP contribution in [0.2, 0.25) is 0 Å². The Morgan fingerprint density at radius 2 is 1.91 bits per heavy atom. The van der Waals surface area contributed by atoms with Gasteiger partial charge in [-0.1, -0.05) is 30.3 Å². The first-order chi connectivity index (χ1) is 10.8. The number of alkyl carbamates (subject to hydrolysis) is 1. The first kappa shape index (κ1) is 17.8. The summed E-state index contributed by atoms with van der Waals surface area (Å²) >= 11 is 0. The van der Waals surface area contributed by atoms with Crippen LogP contribution >= 0.6 is 0 Å².